The van der Waals surface area contributed by atoms with Crippen molar-refractivity contribution in [1.29, 1.82) is 0 Å². The molecule has 0 radical (unpaired) electrons. The summed E-state index contributed by atoms with van der Waals surface area (Å²) in [6.07, 6.45) is 2.88. The summed E-state index contributed by atoms with van der Waals surface area (Å²) in [5.41, 5.74) is 2.07. The molecule has 0 spiro atoms. The molecule has 9 N–H and O–H groups in total. The maximum absolute atomic E-state index is 13.6. The Morgan fingerprint density at radius 2 is 1.67 bits per heavy atom. The fourth-order valence-corrected chi connectivity index (χ4v) is 11.1. The smallest absolute Gasteiger partial charge is 0.323 e. The number of carboxylic acids is 1. The first-order valence-corrected chi connectivity index (χ1v) is 26.8. The third-order valence-corrected chi connectivity index (χ3v) is 14.5. The highest BCUT2D eigenvalue weighted by atomic mass is 32.2. The normalized spacial score (nSPS) is 15.2. The molecule has 4 rings (SSSR count). The summed E-state index contributed by atoms with van der Waals surface area (Å²) in [5.74, 6) is -6.38. The number of H-pyrrole nitrogens is 1. The Hall–Kier alpha value is -5.98. The van der Waals surface area contributed by atoms with E-state index in [4.69, 9.17) is 4.74 Å². The lowest BCUT2D eigenvalue weighted by Crippen LogP contribution is -2.54. The third-order valence-electron chi connectivity index (χ3n) is 10.6. The number of rotatable bonds is 27. The van der Waals surface area contributed by atoms with Crippen LogP contribution in [0.2, 0.25) is 0 Å². The number of carbonyl (C=O) groups excluding carboxylic acids is 4. The predicted octanol–water partition coefficient (Wildman–Crippen LogP) is -0.419. The van der Waals surface area contributed by atoms with Gasteiger partial charge in [-0.25, -0.2) is 13.4 Å². The van der Waals surface area contributed by atoms with Crippen LogP contribution in [0.25, 0.3) is 0 Å². The van der Waals surface area contributed by atoms with E-state index < -0.39 is 113 Å². The number of fused-ring (bicyclic) bond motifs is 1. The molecule has 25 nitrogen and oxygen atoms in total. The number of benzene rings is 2. The summed E-state index contributed by atoms with van der Waals surface area (Å²) >= 11 is 0. The third kappa shape index (κ3) is 18.1. The molecule has 69 heavy (non-hydrogen) atoms. The van der Waals surface area contributed by atoms with Crippen LogP contribution in [0.1, 0.15) is 65.6 Å². The molecule has 0 bridgehead atoms. The number of ketones is 1. The predicted molar refractivity (Wildman–Crippen MR) is 249 cm³/mol. The average molecular weight is 1050 g/mol. The maximum atomic E-state index is 13.6. The van der Waals surface area contributed by atoms with Crippen LogP contribution in [-0.4, -0.2) is 149 Å². The molecule has 1 aromatic heterocycles. The van der Waals surface area contributed by atoms with Gasteiger partial charge in [0, 0.05) is 69.2 Å². The summed E-state index contributed by atoms with van der Waals surface area (Å²) in [7, 11) is -15.2. The van der Waals surface area contributed by atoms with E-state index in [1.807, 2.05) is 0 Å². The van der Waals surface area contributed by atoms with Crippen molar-refractivity contribution in [3.8, 4) is 5.75 Å². The number of imidazole rings is 1. The van der Waals surface area contributed by atoms with Crippen molar-refractivity contribution in [3.05, 3.63) is 65.0 Å². The van der Waals surface area contributed by atoms with Gasteiger partial charge in [0.05, 0.1) is 23.0 Å². The number of hydrogen-bond donors (Lipinski definition) is 9. The first-order valence-electron chi connectivity index (χ1n) is 21.0. The number of carbonyl (C=O) groups is 5. The van der Waals surface area contributed by atoms with Crippen LogP contribution in [0.4, 0.5) is 11.6 Å². The molecule has 1 aliphatic rings. The average Bonchev–Trinajstić information content (AvgIpc) is 3.75. The molecule has 0 fully saturated rings. The fraction of sp³-hybridized carbons (Fsp3) is 0.475. The lowest BCUT2D eigenvalue weighted by atomic mass is 9.93. The second kappa shape index (κ2) is 24.5. The molecule has 3 aromatic rings. The second-order valence-electron chi connectivity index (χ2n) is 16.2. The molecule has 29 heteroatoms. The number of aliphatic carboxylic acids is 1. The highest BCUT2D eigenvalue weighted by molar-refractivity contribution is 7.89. The summed E-state index contributed by atoms with van der Waals surface area (Å²) in [6, 6.07) is 3.75. The number of aromatic amines is 1. The quantitative estimate of drug-likeness (QED) is 0.0266. The van der Waals surface area contributed by atoms with Crippen molar-refractivity contribution in [3.63, 3.8) is 0 Å². The molecule has 1 aliphatic heterocycles. The molecule has 3 amide bonds. The van der Waals surface area contributed by atoms with Crippen LogP contribution >= 0.6 is 0 Å². The largest absolute Gasteiger partial charge is 0.494 e. The summed E-state index contributed by atoms with van der Waals surface area (Å²) < 4.78 is 122. The molecule has 380 valence electrons. The number of likely N-dealkylation sites (N-methyl/N-ethyl adjacent to an activating group) is 1. The molecular formula is C40H54N8O17S4. The van der Waals surface area contributed by atoms with Crippen molar-refractivity contribution in [1.82, 2.24) is 30.6 Å². The molecule has 2 heterocycles. The second-order valence-corrected chi connectivity index (χ2v) is 21.6. The van der Waals surface area contributed by atoms with Crippen LogP contribution in [0.15, 0.2) is 47.6 Å². The summed E-state index contributed by atoms with van der Waals surface area (Å²) in [5, 5.41) is 20.4. The van der Waals surface area contributed by atoms with Crippen molar-refractivity contribution in [2.45, 2.75) is 81.9 Å². The number of nitrogens with one attached hydrogen (secondary N) is 6. The first kappa shape index (κ1) is 55.6. The van der Waals surface area contributed by atoms with Crippen LogP contribution in [0.3, 0.4) is 0 Å². The van der Waals surface area contributed by atoms with E-state index in [1.54, 1.807) is 42.5 Å². The van der Waals surface area contributed by atoms with E-state index in [1.165, 1.54) is 26.0 Å². The minimum Gasteiger partial charge on any atom is -0.494 e. The van der Waals surface area contributed by atoms with Gasteiger partial charge in [0.25, 0.3) is 26.1 Å². The van der Waals surface area contributed by atoms with Gasteiger partial charge in [0.1, 0.15) is 23.2 Å². The van der Waals surface area contributed by atoms with Gasteiger partial charge in [-0.15, -0.1) is 0 Å². The van der Waals surface area contributed by atoms with Crippen molar-refractivity contribution in [2.24, 2.45) is 5.92 Å². The number of carboxylic acid groups (broad SMARTS) is 1. The Morgan fingerprint density at radius 1 is 0.986 bits per heavy atom. The van der Waals surface area contributed by atoms with Gasteiger partial charge in [0.2, 0.25) is 32.1 Å². The number of Topliss-reactive ketones (excluding diaryl/α,β-unsaturated/α-hetero) is 1. The number of sulfonamides is 1. The minimum atomic E-state index is -4.72. The van der Waals surface area contributed by atoms with E-state index in [9.17, 15) is 71.9 Å². The van der Waals surface area contributed by atoms with E-state index >= 15 is 0 Å². The van der Waals surface area contributed by atoms with Crippen LogP contribution in [0.5, 0.6) is 5.75 Å². The van der Waals surface area contributed by atoms with Crippen molar-refractivity contribution < 1.29 is 76.6 Å². The Bertz CT molecular complexity index is 2830. The van der Waals surface area contributed by atoms with Crippen LogP contribution < -0.4 is 35.6 Å². The number of anilines is 2. The molecule has 4 atom stereocenters. The van der Waals surface area contributed by atoms with E-state index in [0.717, 1.165) is 5.56 Å². The summed E-state index contributed by atoms with van der Waals surface area (Å²) in [4.78, 5) is 71.5. The highest BCUT2D eigenvalue weighted by Gasteiger charge is 2.36. The topological polar surface area (TPSA) is 384 Å². The summed E-state index contributed by atoms with van der Waals surface area (Å²) in [6.45, 7) is 2.66. The number of amides is 3. The first-order chi connectivity index (χ1) is 32.2. The number of aryl methyl sites for hydroxylation is 2. The highest BCUT2D eigenvalue weighted by Crippen LogP contribution is 2.31. The monoisotopic (exact) mass is 1050 g/mol. The van der Waals surface area contributed by atoms with Crippen LogP contribution in [-0.2, 0) is 66.3 Å². The molecule has 1 unspecified atom stereocenters. The number of hydrogen-bond acceptors (Lipinski definition) is 17. The van der Waals surface area contributed by atoms with Crippen molar-refractivity contribution in [2.75, 3.05) is 48.5 Å². The van der Waals surface area contributed by atoms with Gasteiger partial charge >= 0.3 is 5.97 Å². The van der Waals surface area contributed by atoms with E-state index in [2.05, 4.69) is 36.0 Å². The van der Waals surface area contributed by atoms with Gasteiger partial charge < -0.3 is 41.0 Å². The van der Waals surface area contributed by atoms with E-state index in [0.29, 0.717) is 23.7 Å². The van der Waals surface area contributed by atoms with Gasteiger partial charge in [-0.05, 0) is 86.4 Å². The number of ether oxygens (including phenoxy) is 1. The lowest BCUT2D eigenvalue weighted by Gasteiger charge is -2.34. The molecular weight excluding hydrogens is 993 g/mol. The standard InChI is InChI=1S/C40H54N8O17S4/c1-24-14-29(65-13-5-7-35(50)41-10-4-6-27(22-67(57,58)59)16-28(23-68(60,61)62)46-36(51)21-66(55)56)15-25(2)37(24)69(63,64)47-31(39(53)54)20-44-38(52)33-18-34(49)30-9-8-26(17-32(30)48(33)3)19-45-40-42-11-12-43-40/h8-9,11-12,14-15,17,21,27-28,31,33,47H,4-7,10,13,16,18-20,22-23H2,1-3H3,(H,41,50)(H,44,52)(H,46,51)(H,53,54)(H2,42,43,45)(H,57,58,59)(H,60,61,62)/t27-,28-,31+,33?/m1/s1. The Balaban J connectivity index is 1.26. The Kier molecular flexibility index (Phi) is 19.8. The van der Waals surface area contributed by atoms with Gasteiger partial charge in [-0.2, -0.15) is 30.0 Å². The lowest BCUT2D eigenvalue weighted by molar-refractivity contribution is -0.139. The van der Waals surface area contributed by atoms with Gasteiger partial charge in [-0.3, -0.25) is 33.1 Å². The van der Waals surface area contributed by atoms with Crippen molar-refractivity contribution >= 4 is 87.0 Å². The molecule has 0 saturated carbocycles. The molecule has 0 saturated heterocycles. The van der Waals surface area contributed by atoms with Crippen LogP contribution in [0, 0.1) is 19.8 Å². The van der Waals surface area contributed by atoms with Gasteiger partial charge in [0.15, 0.2) is 11.7 Å². The Morgan fingerprint density at radius 3 is 2.28 bits per heavy atom. The molecule has 0 aliphatic carbocycles. The zero-order valence-corrected chi connectivity index (χ0v) is 40.8. The SMILES string of the molecule is Cc1cc(OCCCC(=O)NCCC[C@H](C[C@H](CS(=O)(=O)O)NC(=O)C=S(=O)=O)CS(=O)(=O)O)cc(C)c1S(=O)(=O)N[C@@H](CNC(=O)C1CC(=O)c2ccc(CNc3ncc[nH]3)cc2N1C)C(=O)O. The number of nitrogens with zero attached hydrogens (tertiary/aromatic N) is 2. The Labute approximate surface area is 399 Å². The number of aromatic nitrogens is 2. The molecule has 2 aromatic carbocycles. The van der Waals surface area contributed by atoms with Gasteiger partial charge in [-0.1, -0.05) is 6.07 Å². The minimum absolute atomic E-state index is 0.00359. The zero-order chi connectivity index (χ0) is 51.3. The maximum Gasteiger partial charge on any atom is 0.323 e. The fourth-order valence-electron chi connectivity index (χ4n) is 7.63. The van der Waals surface area contributed by atoms with E-state index in [-0.39, 0.29) is 78.2 Å². The zero-order valence-electron chi connectivity index (χ0n) is 37.5.